The number of benzene rings is 2. The van der Waals surface area contributed by atoms with Crippen molar-refractivity contribution in [2.45, 2.75) is 19.6 Å². The summed E-state index contributed by atoms with van der Waals surface area (Å²) in [6.07, 6.45) is -0.611. The van der Waals surface area contributed by atoms with Crippen LogP contribution in [0.15, 0.2) is 59.1 Å². The lowest BCUT2D eigenvalue weighted by Gasteiger charge is -2.13. The summed E-state index contributed by atoms with van der Waals surface area (Å²) < 4.78 is 5.91. The molecule has 2 rings (SSSR count). The van der Waals surface area contributed by atoms with E-state index in [1.807, 2.05) is 36.4 Å². The van der Waals surface area contributed by atoms with E-state index in [1.165, 1.54) is 0 Å². The number of halogens is 1. The Labute approximate surface area is 137 Å². The summed E-state index contributed by atoms with van der Waals surface area (Å²) >= 11 is 3.32. The second kappa shape index (κ2) is 7.75. The Morgan fingerprint density at radius 2 is 1.86 bits per heavy atom. The maximum Gasteiger partial charge on any atom is 0.408 e. The highest BCUT2D eigenvalue weighted by Crippen LogP contribution is 2.13. The van der Waals surface area contributed by atoms with Crippen LogP contribution in [0.2, 0.25) is 0 Å². The van der Waals surface area contributed by atoms with Gasteiger partial charge in [0.1, 0.15) is 6.61 Å². The number of carbonyl (C=O) groups is 2. The Hall–Kier alpha value is -2.14. The van der Waals surface area contributed by atoms with Gasteiger partial charge in [-0.15, -0.1) is 0 Å². The molecule has 5 heteroatoms. The molecule has 1 N–H and O–H groups in total. The minimum absolute atomic E-state index is 0.169. The van der Waals surface area contributed by atoms with Crippen molar-refractivity contribution < 1.29 is 14.3 Å². The fourth-order valence-corrected chi connectivity index (χ4v) is 2.30. The van der Waals surface area contributed by atoms with Gasteiger partial charge in [-0.3, -0.25) is 4.79 Å². The first-order chi connectivity index (χ1) is 10.6. The molecule has 0 aliphatic rings. The second-order valence-electron chi connectivity index (χ2n) is 4.80. The van der Waals surface area contributed by atoms with Gasteiger partial charge >= 0.3 is 6.09 Å². The molecule has 0 aliphatic carbocycles. The van der Waals surface area contributed by atoms with Crippen molar-refractivity contribution in [2.75, 3.05) is 0 Å². The molecule has 0 heterocycles. The van der Waals surface area contributed by atoms with Gasteiger partial charge in [0.25, 0.3) is 0 Å². The number of ketones is 1. The van der Waals surface area contributed by atoms with E-state index < -0.39 is 12.1 Å². The minimum Gasteiger partial charge on any atom is -0.445 e. The molecule has 1 atom stereocenters. The molecule has 2 aromatic carbocycles. The van der Waals surface area contributed by atoms with Crippen LogP contribution in [-0.2, 0) is 11.3 Å². The van der Waals surface area contributed by atoms with Gasteiger partial charge < -0.3 is 10.1 Å². The molecule has 0 saturated carbocycles. The standard InChI is InChI=1S/C17H16BrNO3/c1-12(16(20)14-8-5-9-15(18)10-14)19-17(21)22-11-13-6-3-2-4-7-13/h2-10,12H,11H2,1H3,(H,19,21)/t12-/m0/s1. The van der Waals surface area contributed by atoms with E-state index in [9.17, 15) is 9.59 Å². The fraction of sp³-hybridized carbons (Fsp3) is 0.176. The Kier molecular flexibility index (Phi) is 5.72. The van der Waals surface area contributed by atoms with E-state index in [2.05, 4.69) is 21.2 Å². The SMILES string of the molecule is C[C@H](NC(=O)OCc1ccccc1)C(=O)c1cccc(Br)c1. The number of nitrogens with one attached hydrogen (secondary N) is 1. The monoisotopic (exact) mass is 361 g/mol. The Bertz CT molecular complexity index is 658. The van der Waals surface area contributed by atoms with E-state index in [-0.39, 0.29) is 12.4 Å². The van der Waals surface area contributed by atoms with E-state index in [0.29, 0.717) is 5.56 Å². The molecule has 4 nitrogen and oxygen atoms in total. The number of amides is 1. The number of Topliss-reactive ketones (excluding diaryl/α,β-unsaturated/α-hetero) is 1. The Morgan fingerprint density at radius 1 is 1.14 bits per heavy atom. The average Bonchev–Trinajstić information content (AvgIpc) is 2.53. The number of rotatable bonds is 5. The first-order valence-corrected chi connectivity index (χ1v) is 7.62. The van der Waals surface area contributed by atoms with Gasteiger partial charge in [0.2, 0.25) is 0 Å². The van der Waals surface area contributed by atoms with Crippen LogP contribution in [0, 0.1) is 0 Å². The van der Waals surface area contributed by atoms with Crippen molar-refractivity contribution in [1.82, 2.24) is 5.32 Å². The third-order valence-corrected chi connectivity index (χ3v) is 3.54. The zero-order chi connectivity index (χ0) is 15.9. The van der Waals surface area contributed by atoms with Gasteiger partial charge in [-0.25, -0.2) is 4.79 Å². The lowest BCUT2D eigenvalue weighted by molar-refractivity contribution is 0.0926. The summed E-state index contributed by atoms with van der Waals surface area (Å²) in [6, 6.07) is 15.7. The molecular weight excluding hydrogens is 346 g/mol. The quantitative estimate of drug-likeness (QED) is 0.820. The maximum atomic E-state index is 12.2. The van der Waals surface area contributed by atoms with Crippen LogP contribution < -0.4 is 5.32 Å². The highest BCUT2D eigenvalue weighted by atomic mass is 79.9. The first-order valence-electron chi connectivity index (χ1n) is 6.83. The molecule has 1 amide bonds. The molecular formula is C17H16BrNO3. The highest BCUT2D eigenvalue weighted by Gasteiger charge is 2.18. The maximum absolute atomic E-state index is 12.2. The molecule has 0 bridgehead atoms. The molecule has 0 saturated heterocycles. The molecule has 0 fully saturated rings. The summed E-state index contributed by atoms with van der Waals surface area (Å²) in [5, 5.41) is 2.54. The fourth-order valence-electron chi connectivity index (χ4n) is 1.90. The van der Waals surface area contributed by atoms with Crippen LogP contribution in [0.5, 0.6) is 0 Å². The van der Waals surface area contributed by atoms with Crippen molar-refractivity contribution in [3.05, 3.63) is 70.2 Å². The van der Waals surface area contributed by atoms with E-state index in [1.54, 1.807) is 25.1 Å². The zero-order valence-electron chi connectivity index (χ0n) is 12.1. The highest BCUT2D eigenvalue weighted by molar-refractivity contribution is 9.10. The van der Waals surface area contributed by atoms with Gasteiger partial charge in [-0.05, 0) is 24.6 Å². The van der Waals surface area contributed by atoms with Crippen LogP contribution in [0.25, 0.3) is 0 Å². The largest absolute Gasteiger partial charge is 0.445 e. The average molecular weight is 362 g/mol. The number of ether oxygens (including phenoxy) is 1. The van der Waals surface area contributed by atoms with Crippen molar-refractivity contribution >= 4 is 27.8 Å². The molecule has 114 valence electrons. The molecule has 0 radical (unpaired) electrons. The van der Waals surface area contributed by atoms with Crippen LogP contribution >= 0.6 is 15.9 Å². The van der Waals surface area contributed by atoms with Crippen LogP contribution in [0.3, 0.4) is 0 Å². The van der Waals surface area contributed by atoms with Crippen LogP contribution in [-0.4, -0.2) is 17.9 Å². The third kappa shape index (κ3) is 4.70. The minimum atomic E-state index is -0.655. The number of alkyl carbamates (subject to hydrolysis) is 1. The summed E-state index contributed by atoms with van der Waals surface area (Å²) in [4.78, 5) is 24.0. The topological polar surface area (TPSA) is 55.4 Å². The normalized spacial score (nSPS) is 11.5. The van der Waals surface area contributed by atoms with Crippen molar-refractivity contribution in [3.63, 3.8) is 0 Å². The summed E-state index contributed by atoms with van der Waals surface area (Å²) in [7, 11) is 0. The van der Waals surface area contributed by atoms with E-state index >= 15 is 0 Å². The van der Waals surface area contributed by atoms with Crippen molar-refractivity contribution in [2.24, 2.45) is 0 Å². The Balaban J connectivity index is 1.87. The number of hydrogen-bond donors (Lipinski definition) is 1. The third-order valence-electron chi connectivity index (χ3n) is 3.05. The van der Waals surface area contributed by atoms with E-state index in [4.69, 9.17) is 4.74 Å². The molecule has 0 aromatic heterocycles. The van der Waals surface area contributed by atoms with Crippen LogP contribution in [0.1, 0.15) is 22.8 Å². The molecule has 0 unspecified atom stereocenters. The first kappa shape index (κ1) is 16.2. The smallest absolute Gasteiger partial charge is 0.408 e. The predicted molar refractivity (Wildman–Crippen MR) is 87.7 cm³/mol. The van der Waals surface area contributed by atoms with Crippen molar-refractivity contribution in [1.29, 1.82) is 0 Å². The molecule has 2 aromatic rings. The second-order valence-corrected chi connectivity index (χ2v) is 5.72. The predicted octanol–water partition coefficient (Wildman–Crippen LogP) is 3.95. The summed E-state index contributed by atoms with van der Waals surface area (Å²) in [6.45, 7) is 1.80. The van der Waals surface area contributed by atoms with Crippen molar-refractivity contribution in [3.8, 4) is 0 Å². The van der Waals surface area contributed by atoms with Gasteiger partial charge in [0, 0.05) is 10.0 Å². The summed E-state index contributed by atoms with van der Waals surface area (Å²) in [5.41, 5.74) is 1.42. The molecule has 22 heavy (non-hydrogen) atoms. The van der Waals surface area contributed by atoms with E-state index in [0.717, 1.165) is 10.0 Å². The van der Waals surface area contributed by atoms with Gasteiger partial charge in [0.05, 0.1) is 6.04 Å². The van der Waals surface area contributed by atoms with Gasteiger partial charge in [-0.2, -0.15) is 0 Å². The zero-order valence-corrected chi connectivity index (χ0v) is 13.7. The number of carbonyl (C=O) groups excluding carboxylic acids is 2. The Morgan fingerprint density at radius 3 is 2.55 bits per heavy atom. The molecule has 0 spiro atoms. The lowest BCUT2D eigenvalue weighted by Crippen LogP contribution is -2.38. The lowest BCUT2D eigenvalue weighted by atomic mass is 10.1. The van der Waals surface area contributed by atoms with Gasteiger partial charge in [0.15, 0.2) is 5.78 Å². The summed E-state index contributed by atoms with van der Waals surface area (Å²) in [5.74, 6) is -0.169. The molecule has 0 aliphatic heterocycles. The van der Waals surface area contributed by atoms with Gasteiger partial charge in [-0.1, -0.05) is 58.4 Å². The number of hydrogen-bond acceptors (Lipinski definition) is 3. The van der Waals surface area contributed by atoms with Crippen LogP contribution in [0.4, 0.5) is 4.79 Å².